The highest BCUT2D eigenvalue weighted by molar-refractivity contribution is 5.79. The van der Waals surface area contributed by atoms with Crippen LogP contribution < -0.4 is 4.74 Å². The average molecular weight is 297 g/mol. The fourth-order valence-corrected chi connectivity index (χ4v) is 2.12. The van der Waals surface area contributed by atoms with Gasteiger partial charge in [-0.1, -0.05) is 24.3 Å². The summed E-state index contributed by atoms with van der Waals surface area (Å²) in [6.45, 7) is -0.0768. The van der Waals surface area contributed by atoms with Crippen molar-refractivity contribution in [1.82, 2.24) is 9.55 Å². The number of rotatable bonds is 4. The minimum absolute atomic E-state index is 0.0677. The number of nitro groups is 1. The number of hydrogen-bond donors (Lipinski definition) is 0. The number of nitro benzene ring substituents is 1. The number of para-hydroxylation sites is 4. The summed E-state index contributed by atoms with van der Waals surface area (Å²) in [6.07, 6.45) is 1.53. The summed E-state index contributed by atoms with van der Waals surface area (Å²) in [7, 11) is 0. The Morgan fingerprint density at radius 2 is 1.91 bits per heavy atom. The van der Waals surface area contributed by atoms with Gasteiger partial charge in [-0.25, -0.2) is 9.78 Å². The van der Waals surface area contributed by atoms with Crippen LogP contribution in [0.3, 0.4) is 0 Å². The molecule has 3 rings (SSSR count). The van der Waals surface area contributed by atoms with Gasteiger partial charge in [0.15, 0.2) is 0 Å². The number of nitrogens with zero attached hydrogens (tertiary/aromatic N) is 3. The lowest BCUT2D eigenvalue weighted by molar-refractivity contribution is -0.385. The molecule has 0 aliphatic rings. The van der Waals surface area contributed by atoms with E-state index in [0.29, 0.717) is 0 Å². The molecule has 0 spiro atoms. The van der Waals surface area contributed by atoms with Crippen molar-refractivity contribution in [2.24, 2.45) is 0 Å². The monoisotopic (exact) mass is 297 g/mol. The van der Waals surface area contributed by atoms with Crippen molar-refractivity contribution in [1.29, 1.82) is 0 Å². The van der Waals surface area contributed by atoms with Gasteiger partial charge in [0.2, 0.25) is 5.75 Å². The zero-order valence-electron chi connectivity index (χ0n) is 11.4. The van der Waals surface area contributed by atoms with E-state index in [1.54, 1.807) is 10.6 Å². The number of fused-ring (bicyclic) bond motifs is 1. The van der Waals surface area contributed by atoms with E-state index in [1.807, 2.05) is 24.3 Å². The van der Waals surface area contributed by atoms with E-state index >= 15 is 0 Å². The van der Waals surface area contributed by atoms with Crippen LogP contribution in [0.4, 0.5) is 5.69 Å². The van der Waals surface area contributed by atoms with Crippen molar-refractivity contribution in [2.45, 2.75) is 6.54 Å². The minimum atomic E-state index is -0.600. The summed E-state index contributed by atoms with van der Waals surface area (Å²) in [5.41, 5.74) is 1.31. The summed E-state index contributed by atoms with van der Waals surface area (Å²) >= 11 is 0. The van der Waals surface area contributed by atoms with Crippen LogP contribution in [-0.2, 0) is 11.3 Å². The molecule has 0 bridgehead atoms. The number of carbonyl (C=O) groups excluding carboxylic acids is 1. The highest BCUT2D eigenvalue weighted by Gasteiger charge is 2.17. The van der Waals surface area contributed by atoms with Gasteiger partial charge in [-0.15, -0.1) is 0 Å². The molecule has 0 N–H and O–H groups in total. The van der Waals surface area contributed by atoms with Crippen LogP contribution in [0.2, 0.25) is 0 Å². The Bertz CT molecular complexity index is 857. The fraction of sp³-hybridized carbons (Fsp3) is 0.0667. The lowest BCUT2D eigenvalue weighted by Gasteiger charge is -2.06. The number of benzene rings is 2. The number of imidazole rings is 1. The van der Waals surface area contributed by atoms with E-state index < -0.39 is 10.9 Å². The first-order valence-corrected chi connectivity index (χ1v) is 6.49. The van der Waals surface area contributed by atoms with Crippen molar-refractivity contribution in [3.63, 3.8) is 0 Å². The first kappa shape index (κ1) is 13.7. The quantitative estimate of drug-likeness (QED) is 0.319. The molecule has 0 unspecified atom stereocenters. The maximum Gasteiger partial charge on any atom is 0.331 e. The predicted molar refractivity (Wildman–Crippen MR) is 78.5 cm³/mol. The van der Waals surface area contributed by atoms with Crippen molar-refractivity contribution in [3.8, 4) is 5.75 Å². The molecule has 0 saturated heterocycles. The van der Waals surface area contributed by atoms with Gasteiger partial charge in [-0.05, 0) is 18.2 Å². The van der Waals surface area contributed by atoms with Gasteiger partial charge < -0.3 is 9.30 Å². The van der Waals surface area contributed by atoms with Gasteiger partial charge in [0.1, 0.15) is 6.54 Å². The van der Waals surface area contributed by atoms with Crippen LogP contribution in [0.25, 0.3) is 11.0 Å². The Hall–Kier alpha value is -3.22. The molecule has 0 atom stereocenters. The molecule has 0 amide bonds. The lowest BCUT2D eigenvalue weighted by atomic mass is 10.3. The van der Waals surface area contributed by atoms with Crippen LogP contribution in [0.1, 0.15) is 0 Å². The summed E-state index contributed by atoms with van der Waals surface area (Å²) in [4.78, 5) is 26.5. The average Bonchev–Trinajstić information content (AvgIpc) is 2.91. The topological polar surface area (TPSA) is 87.3 Å². The SMILES string of the molecule is O=C(Cn1cnc2ccccc21)Oc1ccccc1[N+](=O)[O-]. The van der Waals surface area contributed by atoms with E-state index in [1.165, 1.54) is 24.5 Å². The summed E-state index contributed by atoms with van der Waals surface area (Å²) in [6, 6.07) is 13.1. The Balaban J connectivity index is 1.80. The molecule has 3 aromatic rings. The van der Waals surface area contributed by atoms with Gasteiger partial charge in [0.25, 0.3) is 0 Å². The number of ether oxygens (including phenoxy) is 1. The molecule has 0 radical (unpaired) electrons. The summed E-state index contributed by atoms with van der Waals surface area (Å²) in [5.74, 6) is -0.667. The second-order valence-electron chi connectivity index (χ2n) is 4.56. The van der Waals surface area contributed by atoms with E-state index in [-0.39, 0.29) is 18.0 Å². The molecule has 7 heteroatoms. The molecule has 0 aliphatic carbocycles. The van der Waals surface area contributed by atoms with E-state index in [0.717, 1.165) is 11.0 Å². The van der Waals surface area contributed by atoms with Gasteiger partial charge in [0, 0.05) is 6.07 Å². The molecule has 2 aromatic carbocycles. The third-order valence-electron chi connectivity index (χ3n) is 3.11. The largest absolute Gasteiger partial charge is 0.418 e. The predicted octanol–water partition coefficient (Wildman–Crippen LogP) is 2.55. The van der Waals surface area contributed by atoms with E-state index in [4.69, 9.17) is 4.74 Å². The Kier molecular flexibility index (Phi) is 3.53. The molecular weight excluding hydrogens is 286 g/mol. The molecular formula is C15H11N3O4. The normalized spacial score (nSPS) is 10.5. The van der Waals surface area contributed by atoms with Crippen molar-refractivity contribution in [3.05, 3.63) is 65.0 Å². The Morgan fingerprint density at radius 1 is 1.18 bits per heavy atom. The molecule has 0 aliphatic heterocycles. The third kappa shape index (κ3) is 2.64. The molecule has 7 nitrogen and oxygen atoms in total. The Labute approximate surface area is 124 Å². The second kappa shape index (κ2) is 5.65. The van der Waals surface area contributed by atoms with E-state index in [9.17, 15) is 14.9 Å². The zero-order valence-corrected chi connectivity index (χ0v) is 11.4. The van der Waals surface area contributed by atoms with E-state index in [2.05, 4.69) is 4.98 Å². The standard InChI is InChI=1S/C15H11N3O4/c19-15(22-14-8-4-3-7-13(14)18(20)21)9-17-10-16-11-5-1-2-6-12(11)17/h1-8,10H,9H2. The maximum absolute atomic E-state index is 12.0. The van der Waals surface area contributed by atoms with Crippen molar-refractivity contribution in [2.75, 3.05) is 0 Å². The third-order valence-corrected chi connectivity index (χ3v) is 3.11. The first-order chi connectivity index (χ1) is 10.6. The van der Waals surface area contributed by atoms with Gasteiger partial charge >= 0.3 is 11.7 Å². The highest BCUT2D eigenvalue weighted by atomic mass is 16.6. The van der Waals surface area contributed by atoms with Crippen LogP contribution in [-0.4, -0.2) is 20.4 Å². The zero-order chi connectivity index (χ0) is 15.5. The van der Waals surface area contributed by atoms with Crippen LogP contribution in [0.15, 0.2) is 54.9 Å². The lowest BCUT2D eigenvalue weighted by Crippen LogP contribution is -2.16. The van der Waals surface area contributed by atoms with Crippen LogP contribution >= 0.6 is 0 Å². The number of carbonyl (C=O) groups is 1. The van der Waals surface area contributed by atoms with Crippen molar-refractivity contribution >= 4 is 22.7 Å². The first-order valence-electron chi connectivity index (χ1n) is 6.49. The molecule has 1 aromatic heterocycles. The number of hydrogen-bond acceptors (Lipinski definition) is 5. The molecule has 1 heterocycles. The van der Waals surface area contributed by atoms with Gasteiger partial charge in [0.05, 0.1) is 22.3 Å². The van der Waals surface area contributed by atoms with Crippen LogP contribution in [0.5, 0.6) is 5.75 Å². The summed E-state index contributed by atoms with van der Waals surface area (Å²) < 4.78 is 6.73. The van der Waals surface area contributed by atoms with Gasteiger partial charge in [-0.3, -0.25) is 10.1 Å². The smallest absolute Gasteiger partial charge is 0.331 e. The van der Waals surface area contributed by atoms with Crippen molar-refractivity contribution < 1.29 is 14.5 Å². The van der Waals surface area contributed by atoms with Crippen LogP contribution in [0, 0.1) is 10.1 Å². The number of aromatic nitrogens is 2. The highest BCUT2D eigenvalue weighted by Crippen LogP contribution is 2.26. The molecule has 0 fully saturated rings. The van der Waals surface area contributed by atoms with Gasteiger partial charge in [-0.2, -0.15) is 0 Å². The number of esters is 1. The molecule has 110 valence electrons. The second-order valence-corrected chi connectivity index (χ2v) is 4.56. The minimum Gasteiger partial charge on any atom is -0.418 e. The Morgan fingerprint density at radius 3 is 2.73 bits per heavy atom. The molecule has 22 heavy (non-hydrogen) atoms. The maximum atomic E-state index is 12.0. The fourth-order valence-electron chi connectivity index (χ4n) is 2.12. The molecule has 0 saturated carbocycles. The summed E-state index contributed by atoms with van der Waals surface area (Å²) in [5, 5.41) is 10.9.